The van der Waals surface area contributed by atoms with Gasteiger partial charge in [0.15, 0.2) is 0 Å². The number of rotatable bonds is 7. The normalized spacial score (nSPS) is 20.1. The smallest absolute Gasteiger partial charge is 0.244 e. The highest BCUT2D eigenvalue weighted by molar-refractivity contribution is 7.94. The number of hydrogen-bond acceptors (Lipinski definition) is 7. The molecule has 1 aliphatic rings. The molecule has 1 N–H and O–H groups in total. The third-order valence-electron chi connectivity index (χ3n) is 5.00. The van der Waals surface area contributed by atoms with Crippen molar-refractivity contribution >= 4 is 31.6 Å². The molecule has 1 saturated heterocycles. The zero-order chi connectivity index (χ0) is 22.3. The van der Waals surface area contributed by atoms with Crippen LogP contribution in [0.15, 0.2) is 45.9 Å². The third-order valence-corrected chi connectivity index (χ3v) is 8.46. The van der Waals surface area contributed by atoms with Gasteiger partial charge in [0.1, 0.15) is 5.76 Å². The SMILES string of the molecule is Cc1cc(N2C(=O)[C@@H](C)CS2(=O)=O)ccc1S(=O)(=O)NC[C@H](c1ccco1)N(C)C. The molecule has 164 valence electrons. The maximum absolute atomic E-state index is 12.9. The van der Waals surface area contributed by atoms with E-state index in [1.165, 1.54) is 24.5 Å². The molecule has 1 fully saturated rings. The van der Waals surface area contributed by atoms with Crippen molar-refractivity contribution in [2.75, 3.05) is 30.7 Å². The maximum Gasteiger partial charge on any atom is 0.244 e. The number of benzene rings is 1. The minimum atomic E-state index is -3.88. The molecule has 2 atom stereocenters. The molecule has 30 heavy (non-hydrogen) atoms. The molecule has 2 aromatic rings. The molecule has 9 nitrogen and oxygen atoms in total. The van der Waals surface area contributed by atoms with E-state index in [1.807, 2.05) is 19.0 Å². The number of amides is 1. The fourth-order valence-corrected chi connectivity index (χ4v) is 6.51. The Balaban J connectivity index is 1.84. The van der Waals surface area contributed by atoms with Crippen LogP contribution in [0.25, 0.3) is 0 Å². The van der Waals surface area contributed by atoms with E-state index in [4.69, 9.17) is 4.42 Å². The van der Waals surface area contributed by atoms with E-state index < -0.39 is 31.9 Å². The summed E-state index contributed by atoms with van der Waals surface area (Å²) in [6.45, 7) is 3.20. The van der Waals surface area contributed by atoms with Crippen LogP contribution in [0.5, 0.6) is 0 Å². The molecule has 2 heterocycles. The number of nitrogens with zero attached hydrogens (tertiary/aromatic N) is 2. The molecular weight excluding hydrogens is 430 g/mol. The summed E-state index contributed by atoms with van der Waals surface area (Å²) in [7, 11) is -4.00. The van der Waals surface area contributed by atoms with Crippen LogP contribution in [0.4, 0.5) is 5.69 Å². The van der Waals surface area contributed by atoms with Gasteiger partial charge in [0.25, 0.3) is 0 Å². The van der Waals surface area contributed by atoms with Crippen LogP contribution in [0.2, 0.25) is 0 Å². The van der Waals surface area contributed by atoms with Crippen molar-refractivity contribution in [3.8, 4) is 0 Å². The van der Waals surface area contributed by atoms with Crippen LogP contribution in [0, 0.1) is 12.8 Å². The lowest BCUT2D eigenvalue weighted by molar-refractivity contribution is -0.119. The van der Waals surface area contributed by atoms with E-state index >= 15 is 0 Å². The quantitative estimate of drug-likeness (QED) is 0.672. The largest absolute Gasteiger partial charge is 0.468 e. The van der Waals surface area contributed by atoms with Gasteiger partial charge in [-0.1, -0.05) is 6.92 Å². The fourth-order valence-electron chi connectivity index (χ4n) is 3.43. The Kier molecular flexibility index (Phi) is 6.10. The summed E-state index contributed by atoms with van der Waals surface area (Å²) in [4.78, 5) is 14.1. The maximum atomic E-state index is 12.9. The van der Waals surface area contributed by atoms with Gasteiger partial charge in [-0.15, -0.1) is 0 Å². The highest BCUT2D eigenvalue weighted by Crippen LogP contribution is 2.30. The Morgan fingerprint density at radius 2 is 2.00 bits per heavy atom. The van der Waals surface area contributed by atoms with Gasteiger partial charge in [-0.3, -0.25) is 9.69 Å². The number of carbonyl (C=O) groups excluding carboxylic acids is 1. The molecule has 11 heteroatoms. The number of nitrogens with one attached hydrogen (secondary N) is 1. The summed E-state index contributed by atoms with van der Waals surface area (Å²) >= 11 is 0. The second-order valence-electron chi connectivity index (χ2n) is 7.58. The van der Waals surface area contributed by atoms with Gasteiger partial charge < -0.3 is 4.42 Å². The number of furan rings is 1. The predicted octanol–water partition coefficient (Wildman–Crippen LogP) is 1.48. The van der Waals surface area contributed by atoms with Gasteiger partial charge >= 0.3 is 0 Å². The zero-order valence-corrected chi connectivity index (χ0v) is 18.8. The number of likely N-dealkylation sites (N-methyl/N-ethyl adjacent to an activating group) is 1. The van der Waals surface area contributed by atoms with Crippen LogP contribution >= 0.6 is 0 Å². The number of aryl methyl sites for hydroxylation is 1. The standard InChI is InChI=1S/C19H25N3O6S2/c1-13-10-15(22-19(23)14(2)12-29(22,24)25)7-8-18(13)30(26,27)20-11-16(21(3)4)17-6-5-9-28-17/h5-10,14,16,20H,11-12H2,1-4H3/t14-,16+/m0/s1. The van der Waals surface area contributed by atoms with Crippen molar-refractivity contribution in [3.63, 3.8) is 0 Å². The molecule has 1 aromatic carbocycles. The van der Waals surface area contributed by atoms with Crippen molar-refractivity contribution in [2.24, 2.45) is 5.92 Å². The molecular formula is C19H25N3O6S2. The molecule has 0 unspecified atom stereocenters. The summed E-state index contributed by atoms with van der Waals surface area (Å²) in [6, 6.07) is 7.26. The number of sulfonamides is 2. The lowest BCUT2D eigenvalue weighted by Gasteiger charge is -2.23. The highest BCUT2D eigenvalue weighted by atomic mass is 32.2. The molecule has 0 spiro atoms. The van der Waals surface area contributed by atoms with E-state index in [0.29, 0.717) is 11.3 Å². The van der Waals surface area contributed by atoms with Crippen molar-refractivity contribution in [1.82, 2.24) is 9.62 Å². The first kappa shape index (κ1) is 22.5. The number of hydrogen-bond donors (Lipinski definition) is 1. The average Bonchev–Trinajstić information content (AvgIpc) is 3.21. The van der Waals surface area contributed by atoms with Gasteiger partial charge in [0, 0.05) is 6.54 Å². The molecule has 0 bridgehead atoms. The Bertz CT molecular complexity index is 1140. The Hall–Kier alpha value is -2.21. The van der Waals surface area contributed by atoms with Crippen LogP contribution in [0.3, 0.4) is 0 Å². The monoisotopic (exact) mass is 455 g/mol. The van der Waals surface area contributed by atoms with Crippen molar-refractivity contribution < 1.29 is 26.0 Å². The molecule has 1 aromatic heterocycles. The summed E-state index contributed by atoms with van der Waals surface area (Å²) < 4.78 is 59.0. The van der Waals surface area contributed by atoms with E-state index in [-0.39, 0.29) is 28.9 Å². The molecule has 0 aliphatic carbocycles. The summed E-state index contributed by atoms with van der Waals surface area (Å²) in [5, 5.41) is 0. The van der Waals surface area contributed by atoms with E-state index in [0.717, 1.165) is 4.31 Å². The van der Waals surface area contributed by atoms with Crippen LogP contribution < -0.4 is 9.03 Å². The third kappa shape index (κ3) is 4.29. The molecule has 0 radical (unpaired) electrons. The van der Waals surface area contributed by atoms with Gasteiger partial charge in [-0.25, -0.2) is 25.9 Å². The topological polar surface area (TPSA) is 117 Å². The van der Waals surface area contributed by atoms with Crippen molar-refractivity contribution in [1.29, 1.82) is 0 Å². The number of carbonyl (C=O) groups is 1. The van der Waals surface area contributed by atoms with E-state index in [1.54, 1.807) is 26.0 Å². The lowest BCUT2D eigenvalue weighted by atomic mass is 10.2. The summed E-state index contributed by atoms with van der Waals surface area (Å²) in [5.41, 5.74) is 0.476. The molecule has 1 amide bonds. The zero-order valence-electron chi connectivity index (χ0n) is 17.2. The second kappa shape index (κ2) is 8.14. The number of anilines is 1. The summed E-state index contributed by atoms with van der Waals surface area (Å²) in [6.07, 6.45) is 1.53. The van der Waals surface area contributed by atoms with Crippen molar-refractivity contribution in [2.45, 2.75) is 24.8 Å². The van der Waals surface area contributed by atoms with E-state index in [9.17, 15) is 21.6 Å². The molecule has 0 saturated carbocycles. The Morgan fingerprint density at radius 3 is 2.50 bits per heavy atom. The summed E-state index contributed by atoms with van der Waals surface area (Å²) in [5.74, 6) is -0.785. The van der Waals surface area contributed by atoms with Crippen LogP contribution in [-0.2, 0) is 24.8 Å². The lowest BCUT2D eigenvalue weighted by Crippen LogP contribution is -2.34. The minimum absolute atomic E-state index is 0.0142. The van der Waals surface area contributed by atoms with E-state index in [2.05, 4.69) is 4.72 Å². The van der Waals surface area contributed by atoms with Gasteiger partial charge in [0.05, 0.1) is 34.6 Å². The minimum Gasteiger partial charge on any atom is -0.468 e. The Labute approximate surface area is 176 Å². The Morgan fingerprint density at radius 1 is 1.30 bits per heavy atom. The van der Waals surface area contributed by atoms with Crippen LogP contribution in [0.1, 0.15) is 24.3 Å². The van der Waals surface area contributed by atoms with Gasteiger partial charge in [-0.2, -0.15) is 0 Å². The van der Waals surface area contributed by atoms with Crippen molar-refractivity contribution in [3.05, 3.63) is 47.9 Å². The fraction of sp³-hybridized carbons (Fsp3) is 0.421. The first-order chi connectivity index (χ1) is 13.9. The van der Waals surface area contributed by atoms with Crippen LogP contribution in [-0.4, -0.2) is 54.0 Å². The van der Waals surface area contributed by atoms with Gasteiger partial charge in [-0.05, 0) is 56.9 Å². The van der Waals surface area contributed by atoms with Gasteiger partial charge in [0.2, 0.25) is 26.0 Å². The highest BCUT2D eigenvalue weighted by Gasteiger charge is 2.42. The average molecular weight is 456 g/mol. The predicted molar refractivity (Wildman–Crippen MR) is 112 cm³/mol. The molecule has 1 aliphatic heterocycles. The molecule has 3 rings (SSSR count). The second-order valence-corrected chi connectivity index (χ2v) is 11.2. The first-order valence-corrected chi connectivity index (χ1v) is 12.4. The first-order valence-electron chi connectivity index (χ1n) is 9.31.